The van der Waals surface area contributed by atoms with Gasteiger partial charge in [0, 0.05) is 30.3 Å². The van der Waals surface area contributed by atoms with Crippen molar-refractivity contribution in [3.8, 4) is 12.3 Å². The van der Waals surface area contributed by atoms with Gasteiger partial charge in [0.2, 0.25) is 0 Å². The SMILES string of the molecule is C#CCC(C)n1cncc1C1CCNCC1. The molecule has 0 amide bonds. The summed E-state index contributed by atoms with van der Waals surface area (Å²) in [6.45, 7) is 4.38. The van der Waals surface area contributed by atoms with E-state index in [1.807, 2.05) is 12.5 Å². The minimum absolute atomic E-state index is 0.359. The lowest BCUT2D eigenvalue weighted by molar-refractivity contribution is 0.424. The molecule has 1 aromatic heterocycles. The Hall–Kier alpha value is -1.27. The van der Waals surface area contributed by atoms with E-state index in [2.05, 4.69) is 27.7 Å². The van der Waals surface area contributed by atoms with E-state index in [1.165, 1.54) is 18.5 Å². The lowest BCUT2D eigenvalue weighted by Gasteiger charge is -2.25. The maximum atomic E-state index is 5.37. The van der Waals surface area contributed by atoms with Crippen molar-refractivity contribution in [3.05, 3.63) is 18.2 Å². The maximum absolute atomic E-state index is 5.37. The molecule has 86 valence electrons. The van der Waals surface area contributed by atoms with Crippen LogP contribution < -0.4 is 5.32 Å². The molecule has 16 heavy (non-hydrogen) atoms. The van der Waals surface area contributed by atoms with Gasteiger partial charge in [0.05, 0.1) is 6.33 Å². The molecule has 3 heteroatoms. The second kappa shape index (κ2) is 5.18. The van der Waals surface area contributed by atoms with Crippen molar-refractivity contribution in [2.24, 2.45) is 0 Å². The molecule has 1 unspecified atom stereocenters. The lowest BCUT2D eigenvalue weighted by atomic mass is 9.94. The number of nitrogens with one attached hydrogen (secondary N) is 1. The summed E-state index contributed by atoms with van der Waals surface area (Å²) < 4.78 is 2.25. The van der Waals surface area contributed by atoms with E-state index < -0.39 is 0 Å². The highest BCUT2D eigenvalue weighted by Crippen LogP contribution is 2.27. The van der Waals surface area contributed by atoms with E-state index in [-0.39, 0.29) is 0 Å². The molecule has 1 fully saturated rings. The molecule has 1 N–H and O–H groups in total. The highest BCUT2D eigenvalue weighted by atomic mass is 15.1. The molecule has 1 aliphatic rings. The number of hydrogen-bond donors (Lipinski definition) is 1. The average molecular weight is 217 g/mol. The second-order valence-electron chi connectivity index (χ2n) is 4.51. The summed E-state index contributed by atoms with van der Waals surface area (Å²) in [6.07, 6.45) is 12.5. The summed E-state index contributed by atoms with van der Waals surface area (Å²) >= 11 is 0. The van der Waals surface area contributed by atoms with E-state index >= 15 is 0 Å². The Morgan fingerprint density at radius 3 is 3.06 bits per heavy atom. The predicted molar refractivity (Wildman–Crippen MR) is 65.2 cm³/mol. The number of hydrogen-bond acceptors (Lipinski definition) is 2. The van der Waals surface area contributed by atoms with Crippen molar-refractivity contribution >= 4 is 0 Å². The third-order valence-corrected chi connectivity index (χ3v) is 3.34. The molecule has 0 spiro atoms. The quantitative estimate of drug-likeness (QED) is 0.784. The van der Waals surface area contributed by atoms with Gasteiger partial charge in [-0.15, -0.1) is 12.3 Å². The molecule has 1 aromatic rings. The fourth-order valence-corrected chi connectivity index (χ4v) is 2.39. The molecule has 0 bridgehead atoms. The molecule has 2 rings (SSSR count). The zero-order chi connectivity index (χ0) is 11.4. The Labute approximate surface area is 97.3 Å². The van der Waals surface area contributed by atoms with Gasteiger partial charge in [0.25, 0.3) is 0 Å². The standard InChI is InChI=1S/C13H19N3/c1-3-4-11(2)16-10-15-9-13(16)12-5-7-14-8-6-12/h1,9-12,14H,4-8H2,2H3. The topological polar surface area (TPSA) is 29.9 Å². The first-order valence-electron chi connectivity index (χ1n) is 5.99. The first-order valence-corrected chi connectivity index (χ1v) is 5.99. The van der Waals surface area contributed by atoms with E-state index in [9.17, 15) is 0 Å². The van der Waals surface area contributed by atoms with Gasteiger partial charge in [0.1, 0.15) is 0 Å². The van der Waals surface area contributed by atoms with Gasteiger partial charge in [-0.1, -0.05) is 0 Å². The molecule has 0 saturated carbocycles. The van der Waals surface area contributed by atoms with E-state index in [1.54, 1.807) is 0 Å². The molecule has 1 aliphatic heterocycles. The van der Waals surface area contributed by atoms with Crippen LogP contribution in [0.3, 0.4) is 0 Å². The van der Waals surface area contributed by atoms with Crippen LogP contribution in [0.25, 0.3) is 0 Å². The summed E-state index contributed by atoms with van der Waals surface area (Å²) in [5, 5.41) is 3.39. The van der Waals surface area contributed by atoms with Crippen molar-refractivity contribution < 1.29 is 0 Å². The van der Waals surface area contributed by atoms with Gasteiger partial charge >= 0.3 is 0 Å². The molecule has 2 heterocycles. The van der Waals surface area contributed by atoms with Crippen LogP contribution in [0.1, 0.15) is 43.8 Å². The molecule has 1 saturated heterocycles. The Morgan fingerprint density at radius 2 is 2.38 bits per heavy atom. The summed E-state index contributed by atoms with van der Waals surface area (Å²) in [5.74, 6) is 3.37. The van der Waals surface area contributed by atoms with E-state index in [4.69, 9.17) is 6.42 Å². The zero-order valence-electron chi connectivity index (χ0n) is 9.82. The van der Waals surface area contributed by atoms with Crippen LogP contribution in [-0.2, 0) is 0 Å². The van der Waals surface area contributed by atoms with Crippen LogP contribution in [-0.4, -0.2) is 22.6 Å². The minimum Gasteiger partial charge on any atom is -0.331 e. The van der Waals surface area contributed by atoms with Crippen molar-refractivity contribution in [1.29, 1.82) is 0 Å². The average Bonchev–Trinajstić information content (AvgIpc) is 2.79. The Morgan fingerprint density at radius 1 is 1.62 bits per heavy atom. The normalized spacial score (nSPS) is 19.2. The molecule has 1 atom stereocenters. The van der Waals surface area contributed by atoms with Crippen LogP contribution in [0.5, 0.6) is 0 Å². The van der Waals surface area contributed by atoms with Gasteiger partial charge in [-0.3, -0.25) is 0 Å². The maximum Gasteiger partial charge on any atom is 0.0951 e. The second-order valence-corrected chi connectivity index (χ2v) is 4.51. The molecule has 0 radical (unpaired) electrons. The first-order chi connectivity index (χ1) is 7.83. The fourth-order valence-electron chi connectivity index (χ4n) is 2.39. The summed E-state index contributed by atoms with van der Waals surface area (Å²) in [5.41, 5.74) is 1.35. The molecule has 0 aliphatic carbocycles. The highest BCUT2D eigenvalue weighted by molar-refractivity contribution is 5.09. The van der Waals surface area contributed by atoms with Crippen LogP contribution in [0.4, 0.5) is 0 Å². The smallest absolute Gasteiger partial charge is 0.0951 e. The van der Waals surface area contributed by atoms with Crippen LogP contribution in [0.15, 0.2) is 12.5 Å². The van der Waals surface area contributed by atoms with E-state index in [0.29, 0.717) is 12.0 Å². The van der Waals surface area contributed by atoms with Crippen LogP contribution in [0, 0.1) is 12.3 Å². The largest absolute Gasteiger partial charge is 0.331 e. The number of imidazole rings is 1. The Kier molecular flexibility index (Phi) is 3.63. The van der Waals surface area contributed by atoms with Crippen molar-refractivity contribution in [2.45, 2.75) is 38.1 Å². The minimum atomic E-state index is 0.359. The summed E-state index contributed by atoms with van der Waals surface area (Å²) in [6, 6.07) is 0.359. The first kappa shape index (κ1) is 11.2. The number of piperidine rings is 1. The summed E-state index contributed by atoms with van der Waals surface area (Å²) in [4.78, 5) is 4.27. The Balaban J connectivity index is 2.14. The number of nitrogens with zero attached hydrogens (tertiary/aromatic N) is 2. The predicted octanol–water partition coefficient (Wildman–Crippen LogP) is 1.93. The van der Waals surface area contributed by atoms with Gasteiger partial charge in [-0.2, -0.15) is 0 Å². The van der Waals surface area contributed by atoms with Gasteiger partial charge in [-0.25, -0.2) is 4.98 Å². The van der Waals surface area contributed by atoms with Crippen molar-refractivity contribution in [2.75, 3.05) is 13.1 Å². The van der Waals surface area contributed by atoms with Gasteiger partial charge < -0.3 is 9.88 Å². The fraction of sp³-hybridized carbons (Fsp3) is 0.615. The monoisotopic (exact) mass is 217 g/mol. The third-order valence-electron chi connectivity index (χ3n) is 3.34. The van der Waals surface area contributed by atoms with Crippen LogP contribution >= 0.6 is 0 Å². The van der Waals surface area contributed by atoms with Crippen molar-refractivity contribution in [3.63, 3.8) is 0 Å². The lowest BCUT2D eigenvalue weighted by Crippen LogP contribution is -2.28. The van der Waals surface area contributed by atoms with Crippen molar-refractivity contribution in [1.82, 2.24) is 14.9 Å². The van der Waals surface area contributed by atoms with E-state index in [0.717, 1.165) is 19.5 Å². The zero-order valence-corrected chi connectivity index (χ0v) is 9.82. The molecule has 3 nitrogen and oxygen atoms in total. The number of aromatic nitrogens is 2. The molecular formula is C13H19N3. The third kappa shape index (κ3) is 2.28. The Bertz CT molecular complexity index is 369. The molecule has 0 aromatic carbocycles. The molecular weight excluding hydrogens is 198 g/mol. The highest BCUT2D eigenvalue weighted by Gasteiger charge is 2.20. The van der Waals surface area contributed by atoms with Gasteiger partial charge in [0.15, 0.2) is 0 Å². The van der Waals surface area contributed by atoms with Crippen LogP contribution in [0.2, 0.25) is 0 Å². The number of terminal acetylenes is 1. The summed E-state index contributed by atoms with van der Waals surface area (Å²) in [7, 11) is 0. The number of rotatable bonds is 3. The van der Waals surface area contributed by atoms with Gasteiger partial charge in [-0.05, 0) is 32.9 Å².